The van der Waals surface area contributed by atoms with Gasteiger partial charge in [0.15, 0.2) is 23.0 Å². The first-order chi connectivity index (χ1) is 18.3. The van der Waals surface area contributed by atoms with Gasteiger partial charge in [-0.05, 0) is 52.6 Å². The van der Waals surface area contributed by atoms with Gasteiger partial charge in [0.1, 0.15) is 17.5 Å². The Morgan fingerprint density at radius 1 is 1.26 bits per heavy atom. The summed E-state index contributed by atoms with van der Waals surface area (Å²) in [5, 5.41) is 31.5. The van der Waals surface area contributed by atoms with E-state index in [-0.39, 0.29) is 35.8 Å². The molecule has 2 saturated carbocycles. The fourth-order valence-electron chi connectivity index (χ4n) is 7.46. The van der Waals surface area contributed by atoms with Crippen LogP contribution >= 0.6 is 0 Å². The zero-order valence-corrected chi connectivity index (χ0v) is 22.6. The molecule has 0 aromatic heterocycles. The minimum absolute atomic E-state index is 0.0309. The number of rotatable bonds is 4. The number of carbonyl (C=O) groups is 4. The zero-order valence-electron chi connectivity index (χ0n) is 22.6. The molecule has 1 aliphatic heterocycles. The topological polar surface area (TPSA) is 165 Å². The second kappa shape index (κ2) is 9.28. The second-order valence-corrected chi connectivity index (χ2v) is 11.8. The van der Waals surface area contributed by atoms with Crippen molar-refractivity contribution in [1.82, 2.24) is 9.80 Å². The van der Waals surface area contributed by atoms with Gasteiger partial charge in [-0.3, -0.25) is 29.0 Å². The van der Waals surface area contributed by atoms with Crippen molar-refractivity contribution < 1.29 is 33.8 Å². The van der Waals surface area contributed by atoms with Crippen LogP contribution in [0.4, 0.5) is 4.39 Å². The fourth-order valence-corrected chi connectivity index (χ4v) is 7.46. The van der Waals surface area contributed by atoms with Crippen LogP contribution in [0.5, 0.6) is 5.75 Å². The number of phenols is 1. The summed E-state index contributed by atoms with van der Waals surface area (Å²) < 4.78 is 16.1. The van der Waals surface area contributed by atoms with Crippen LogP contribution in [0, 0.1) is 34.9 Å². The van der Waals surface area contributed by atoms with E-state index in [1.807, 2.05) is 6.92 Å². The standard InChI is InChI=1S/C28H35FN4O6/c1-5-11(2)33-7-6-13-15(10-33)20(29)14-8-12-9-16-21(32(3)4)24(36)19(27(31)38)25(30)28(16,39)26(37)17(12)23(35)18(14)22(13)34/h11-12,16-17,19,21,30,34,39H,5-10H2,1-4H3,(H2,31,38). The number of aliphatic hydroxyl groups is 1. The fraction of sp³-hybridized carbons (Fsp3) is 0.607. The molecular formula is C28H35FN4O6. The van der Waals surface area contributed by atoms with Crippen molar-refractivity contribution >= 4 is 29.0 Å². The van der Waals surface area contributed by atoms with Gasteiger partial charge in [0, 0.05) is 41.7 Å². The number of nitrogens with one attached hydrogen (secondary N) is 1. The Bertz CT molecular complexity index is 1330. The Hall–Kier alpha value is -3.02. The smallest absolute Gasteiger partial charge is 0.233 e. The highest BCUT2D eigenvalue weighted by atomic mass is 19.1. The van der Waals surface area contributed by atoms with Crippen molar-refractivity contribution in [3.05, 3.63) is 28.1 Å². The van der Waals surface area contributed by atoms with Gasteiger partial charge in [-0.25, -0.2) is 4.39 Å². The quantitative estimate of drug-likeness (QED) is 0.402. The van der Waals surface area contributed by atoms with Crippen LogP contribution in [0.25, 0.3) is 0 Å². The third kappa shape index (κ3) is 3.66. The van der Waals surface area contributed by atoms with Gasteiger partial charge in [-0.15, -0.1) is 0 Å². The highest BCUT2D eigenvalue weighted by molar-refractivity contribution is 6.33. The Labute approximate surface area is 225 Å². The molecule has 11 heteroatoms. The molecule has 10 nitrogen and oxygen atoms in total. The van der Waals surface area contributed by atoms with Gasteiger partial charge >= 0.3 is 0 Å². The van der Waals surface area contributed by atoms with E-state index in [0.717, 1.165) is 6.42 Å². The molecule has 3 aliphatic carbocycles. The molecule has 1 amide bonds. The average molecular weight is 543 g/mol. The molecule has 1 aromatic carbocycles. The lowest BCUT2D eigenvalue weighted by atomic mass is 9.52. The summed E-state index contributed by atoms with van der Waals surface area (Å²) in [6.45, 7) is 4.98. The van der Waals surface area contributed by atoms with Crippen LogP contribution in [0.3, 0.4) is 0 Å². The number of aromatic hydroxyl groups is 1. The number of benzene rings is 1. The lowest BCUT2D eigenvalue weighted by Crippen LogP contribution is -2.73. The number of amides is 1. The van der Waals surface area contributed by atoms with Crippen molar-refractivity contribution in [1.29, 1.82) is 5.41 Å². The second-order valence-electron chi connectivity index (χ2n) is 11.8. The van der Waals surface area contributed by atoms with E-state index in [0.29, 0.717) is 30.6 Å². The number of nitrogens with two attached hydrogens (primary N) is 1. The van der Waals surface area contributed by atoms with E-state index in [1.54, 1.807) is 14.1 Å². The maximum Gasteiger partial charge on any atom is 0.233 e. The number of primary amides is 1. The van der Waals surface area contributed by atoms with E-state index in [1.165, 1.54) is 4.90 Å². The molecule has 210 valence electrons. The maximum atomic E-state index is 16.1. The summed E-state index contributed by atoms with van der Waals surface area (Å²) in [5.74, 6) is -9.68. The summed E-state index contributed by atoms with van der Waals surface area (Å²) in [4.78, 5) is 56.8. The van der Waals surface area contributed by atoms with Crippen molar-refractivity contribution in [2.24, 2.45) is 29.4 Å². The first kappa shape index (κ1) is 27.5. The molecule has 0 bridgehead atoms. The zero-order chi connectivity index (χ0) is 28.7. The summed E-state index contributed by atoms with van der Waals surface area (Å²) in [5.41, 5.74) is 2.53. The first-order valence-corrected chi connectivity index (χ1v) is 13.5. The number of fused-ring (bicyclic) bond motifs is 4. The van der Waals surface area contributed by atoms with Crippen LogP contribution in [-0.2, 0) is 33.8 Å². The summed E-state index contributed by atoms with van der Waals surface area (Å²) in [6.07, 6.45) is 1.15. The monoisotopic (exact) mass is 542 g/mol. The lowest BCUT2D eigenvalue weighted by Gasteiger charge is -2.53. The molecule has 7 atom stereocenters. The number of nitrogens with zero attached hydrogens (tertiary/aromatic N) is 2. The SMILES string of the molecule is CCC(C)N1CCc2c(O)c3c(c(F)c2C1)CC1CC2C(N(C)C)C(=O)C(C(N)=O)C(=N)C2(O)C(=O)C1C3=O. The van der Waals surface area contributed by atoms with E-state index in [9.17, 15) is 29.4 Å². The molecule has 1 heterocycles. The molecule has 2 fully saturated rings. The number of hydrogen-bond acceptors (Lipinski definition) is 9. The molecule has 5 N–H and O–H groups in total. The first-order valence-electron chi connectivity index (χ1n) is 13.5. The number of likely N-dealkylation sites (N-methyl/N-ethyl adjacent to an activating group) is 1. The normalized spacial score (nSPS) is 33.4. The van der Waals surface area contributed by atoms with Crippen LogP contribution in [0.1, 0.15) is 53.7 Å². The van der Waals surface area contributed by atoms with Crippen LogP contribution in [-0.4, -0.2) is 87.3 Å². The average Bonchev–Trinajstić information content (AvgIpc) is 2.88. The largest absolute Gasteiger partial charge is 0.507 e. The molecule has 0 saturated heterocycles. The van der Waals surface area contributed by atoms with Gasteiger partial charge in [0.05, 0.1) is 23.2 Å². The van der Waals surface area contributed by atoms with E-state index >= 15 is 4.39 Å². The molecule has 39 heavy (non-hydrogen) atoms. The molecular weight excluding hydrogens is 507 g/mol. The molecule has 4 aliphatic rings. The van der Waals surface area contributed by atoms with Gasteiger partial charge in [0.25, 0.3) is 0 Å². The van der Waals surface area contributed by atoms with Crippen molar-refractivity contribution in [2.45, 2.75) is 63.8 Å². The molecule has 0 spiro atoms. The van der Waals surface area contributed by atoms with Gasteiger partial charge < -0.3 is 21.4 Å². The lowest BCUT2D eigenvalue weighted by molar-refractivity contribution is -0.157. The van der Waals surface area contributed by atoms with Gasteiger partial charge in [0.2, 0.25) is 5.91 Å². The Kier molecular flexibility index (Phi) is 6.55. The Morgan fingerprint density at radius 3 is 2.51 bits per heavy atom. The minimum Gasteiger partial charge on any atom is -0.507 e. The number of phenolic OH excluding ortho intramolecular Hbond substituents is 1. The van der Waals surface area contributed by atoms with E-state index in [4.69, 9.17) is 11.1 Å². The summed E-state index contributed by atoms with van der Waals surface area (Å²) in [6, 6.07) is -0.907. The molecule has 5 rings (SSSR count). The predicted molar refractivity (Wildman–Crippen MR) is 138 cm³/mol. The third-order valence-electron chi connectivity index (χ3n) is 9.66. The van der Waals surface area contributed by atoms with Crippen molar-refractivity contribution in [3.8, 4) is 5.75 Å². The molecule has 7 unspecified atom stereocenters. The number of halogens is 1. The minimum atomic E-state index is -2.57. The Balaban J connectivity index is 1.62. The Morgan fingerprint density at radius 2 is 1.92 bits per heavy atom. The molecule has 0 radical (unpaired) electrons. The van der Waals surface area contributed by atoms with Crippen LogP contribution < -0.4 is 5.73 Å². The van der Waals surface area contributed by atoms with E-state index in [2.05, 4.69) is 11.8 Å². The number of carbonyl (C=O) groups excluding carboxylic acids is 4. The summed E-state index contributed by atoms with van der Waals surface area (Å²) in [7, 11) is 3.11. The van der Waals surface area contributed by atoms with Crippen molar-refractivity contribution in [3.63, 3.8) is 0 Å². The number of Topliss-reactive ketones (excluding diaryl/α,β-unsaturated/α-hetero) is 3. The number of hydrogen-bond donors (Lipinski definition) is 4. The number of ketones is 3. The van der Waals surface area contributed by atoms with Crippen LogP contribution in [0.15, 0.2) is 0 Å². The van der Waals surface area contributed by atoms with Crippen LogP contribution in [0.2, 0.25) is 0 Å². The summed E-state index contributed by atoms with van der Waals surface area (Å²) >= 11 is 0. The maximum absolute atomic E-state index is 16.1. The highest BCUT2D eigenvalue weighted by Crippen LogP contribution is 2.52. The van der Waals surface area contributed by atoms with Crippen molar-refractivity contribution in [2.75, 3.05) is 20.6 Å². The predicted octanol–water partition coefficient (Wildman–Crippen LogP) is 0.613. The molecule has 1 aromatic rings. The highest BCUT2D eigenvalue weighted by Gasteiger charge is 2.67. The van der Waals surface area contributed by atoms with E-state index < -0.39 is 70.1 Å². The third-order valence-corrected chi connectivity index (χ3v) is 9.66. The van der Waals surface area contributed by atoms with Gasteiger partial charge in [-0.2, -0.15) is 0 Å². The van der Waals surface area contributed by atoms with Gasteiger partial charge in [-0.1, -0.05) is 6.92 Å².